The molecular formula is C13H17NO3. The van der Waals surface area contributed by atoms with Crippen molar-refractivity contribution < 1.29 is 14.7 Å². The van der Waals surface area contributed by atoms with E-state index in [0.717, 1.165) is 6.42 Å². The summed E-state index contributed by atoms with van der Waals surface area (Å²) in [6.45, 7) is 2.04. The van der Waals surface area contributed by atoms with E-state index < -0.39 is 12.0 Å². The van der Waals surface area contributed by atoms with Gasteiger partial charge in [-0.25, -0.2) is 0 Å². The van der Waals surface area contributed by atoms with E-state index in [4.69, 9.17) is 10.8 Å². The summed E-state index contributed by atoms with van der Waals surface area (Å²) in [5, 5.41) is 8.60. The van der Waals surface area contributed by atoms with Gasteiger partial charge in [-0.3, -0.25) is 9.59 Å². The zero-order chi connectivity index (χ0) is 12.8. The van der Waals surface area contributed by atoms with Crippen LogP contribution in [0, 0.1) is 0 Å². The zero-order valence-electron chi connectivity index (χ0n) is 9.85. The van der Waals surface area contributed by atoms with Crippen molar-refractivity contribution in [3.8, 4) is 0 Å². The third kappa shape index (κ3) is 4.00. The maximum atomic E-state index is 11.7. The maximum Gasteiger partial charge on any atom is 0.320 e. The highest BCUT2D eigenvalue weighted by atomic mass is 16.4. The fourth-order valence-electron chi connectivity index (χ4n) is 1.48. The first-order chi connectivity index (χ1) is 8.04. The van der Waals surface area contributed by atoms with E-state index in [-0.39, 0.29) is 18.6 Å². The highest BCUT2D eigenvalue weighted by Crippen LogP contribution is 2.09. The van der Waals surface area contributed by atoms with Crippen molar-refractivity contribution in [3.63, 3.8) is 0 Å². The summed E-state index contributed by atoms with van der Waals surface area (Å²) in [5.74, 6) is -1.14. The van der Waals surface area contributed by atoms with Crippen molar-refractivity contribution in [2.24, 2.45) is 5.73 Å². The van der Waals surface area contributed by atoms with Gasteiger partial charge >= 0.3 is 5.97 Å². The Bertz CT molecular complexity index is 398. The van der Waals surface area contributed by atoms with Gasteiger partial charge in [0.2, 0.25) is 0 Å². The molecule has 1 aromatic carbocycles. The van der Waals surface area contributed by atoms with E-state index in [1.54, 1.807) is 12.1 Å². The highest BCUT2D eigenvalue weighted by molar-refractivity contribution is 5.96. The summed E-state index contributed by atoms with van der Waals surface area (Å²) in [6.07, 6.45) is 1.26. The molecule has 0 heterocycles. The number of hydrogen-bond donors (Lipinski definition) is 2. The fraction of sp³-hybridized carbons (Fsp3) is 0.385. The summed E-state index contributed by atoms with van der Waals surface area (Å²) in [7, 11) is 0. The van der Waals surface area contributed by atoms with Gasteiger partial charge in [0.05, 0.1) is 0 Å². The second-order valence-electron chi connectivity index (χ2n) is 3.96. The standard InChI is InChI=1S/C13H17NO3/c1-2-9-3-5-10(6-4-9)12(15)8-7-11(14)13(16)17/h3-6,11H,2,7-8,14H2,1H3,(H,16,17)/t11-/m1/s1. The van der Waals surface area contributed by atoms with Crippen LogP contribution in [0.25, 0.3) is 0 Å². The molecule has 0 aliphatic rings. The van der Waals surface area contributed by atoms with Crippen LogP contribution in [0.1, 0.15) is 35.7 Å². The quantitative estimate of drug-likeness (QED) is 0.734. The van der Waals surface area contributed by atoms with Crippen molar-refractivity contribution >= 4 is 11.8 Å². The Morgan fingerprint density at radius 3 is 2.35 bits per heavy atom. The first kappa shape index (κ1) is 13.4. The van der Waals surface area contributed by atoms with E-state index >= 15 is 0 Å². The van der Waals surface area contributed by atoms with Crippen molar-refractivity contribution in [3.05, 3.63) is 35.4 Å². The summed E-state index contributed by atoms with van der Waals surface area (Å²) in [4.78, 5) is 22.2. The zero-order valence-corrected chi connectivity index (χ0v) is 9.85. The number of carboxylic acids is 1. The summed E-state index contributed by atoms with van der Waals surface area (Å²) < 4.78 is 0. The number of rotatable bonds is 6. The molecule has 0 saturated heterocycles. The number of carbonyl (C=O) groups excluding carboxylic acids is 1. The molecule has 3 N–H and O–H groups in total. The molecule has 0 unspecified atom stereocenters. The lowest BCUT2D eigenvalue weighted by molar-refractivity contribution is -0.138. The van der Waals surface area contributed by atoms with Crippen LogP contribution in [0.2, 0.25) is 0 Å². The van der Waals surface area contributed by atoms with E-state index in [1.807, 2.05) is 19.1 Å². The van der Waals surface area contributed by atoms with Crippen molar-refractivity contribution in [2.75, 3.05) is 0 Å². The number of aryl methyl sites for hydroxylation is 1. The number of ketones is 1. The van der Waals surface area contributed by atoms with Gasteiger partial charge in [0.15, 0.2) is 5.78 Å². The number of hydrogen-bond acceptors (Lipinski definition) is 3. The van der Waals surface area contributed by atoms with Gasteiger partial charge < -0.3 is 10.8 Å². The van der Waals surface area contributed by atoms with Gasteiger partial charge in [0.1, 0.15) is 6.04 Å². The minimum absolute atomic E-state index is 0.0654. The monoisotopic (exact) mass is 235 g/mol. The van der Waals surface area contributed by atoms with E-state index in [2.05, 4.69) is 0 Å². The molecular weight excluding hydrogens is 218 g/mol. The summed E-state index contributed by atoms with van der Waals surface area (Å²) >= 11 is 0. The van der Waals surface area contributed by atoms with E-state index in [1.165, 1.54) is 5.56 Å². The lowest BCUT2D eigenvalue weighted by atomic mass is 10.0. The van der Waals surface area contributed by atoms with Gasteiger partial charge in [-0.2, -0.15) is 0 Å². The number of nitrogens with two attached hydrogens (primary N) is 1. The van der Waals surface area contributed by atoms with Crippen LogP contribution in [0.4, 0.5) is 0 Å². The molecule has 0 aromatic heterocycles. The summed E-state index contributed by atoms with van der Waals surface area (Å²) in [5.41, 5.74) is 7.12. The van der Waals surface area contributed by atoms with E-state index in [0.29, 0.717) is 5.56 Å². The lowest BCUT2D eigenvalue weighted by Crippen LogP contribution is -2.30. The first-order valence-corrected chi connectivity index (χ1v) is 5.65. The Morgan fingerprint density at radius 2 is 1.88 bits per heavy atom. The Balaban J connectivity index is 2.55. The van der Waals surface area contributed by atoms with Gasteiger partial charge in [0, 0.05) is 12.0 Å². The van der Waals surface area contributed by atoms with Gasteiger partial charge in [-0.1, -0.05) is 31.2 Å². The number of carboxylic acid groups (broad SMARTS) is 1. The second kappa shape index (κ2) is 6.15. The molecule has 4 heteroatoms. The third-order valence-corrected chi connectivity index (χ3v) is 2.68. The Morgan fingerprint density at radius 1 is 1.29 bits per heavy atom. The molecule has 1 atom stereocenters. The van der Waals surface area contributed by atoms with Gasteiger partial charge in [-0.05, 0) is 18.4 Å². The van der Waals surface area contributed by atoms with Crippen LogP contribution >= 0.6 is 0 Å². The predicted molar refractivity (Wildman–Crippen MR) is 65.0 cm³/mol. The van der Waals surface area contributed by atoms with Gasteiger partial charge in [0.25, 0.3) is 0 Å². The molecule has 0 radical (unpaired) electrons. The topological polar surface area (TPSA) is 80.4 Å². The number of carbonyl (C=O) groups is 2. The summed E-state index contributed by atoms with van der Waals surface area (Å²) in [6, 6.07) is 6.39. The minimum Gasteiger partial charge on any atom is -0.480 e. The molecule has 92 valence electrons. The molecule has 0 spiro atoms. The lowest BCUT2D eigenvalue weighted by Gasteiger charge is -2.05. The fourth-order valence-corrected chi connectivity index (χ4v) is 1.48. The molecule has 0 bridgehead atoms. The Hall–Kier alpha value is -1.68. The molecule has 0 amide bonds. The molecule has 0 saturated carbocycles. The van der Waals surface area contributed by atoms with Crippen LogP contribution in [-0.4, -0.2) is 22.9 Å². The van der Waals surface area contributed by atoms with E-state index in [9.17, 15) is 9.59 Å². The smallest absolute Gasteiger partial charge is 0.320 e. The van der Waals surface area contributed by atoms with Crippen LogP contribution < -0.4 is 5.73 Å². The minimum atomic E-state index is -1.07. The molecule has 1 aromatic rings. The number of Topliss-reactive ketones (excluding diaryl/α,β-unsaturated/α-hetero) is 1. The van der Waals surface area contributed by atoms with Crippen LogP contribution in [0.3, 0.4) is 0 Å². The SMILES string of the molecule is CCc1ccc(C(=O)CC[C@@H](N)C(=O)O)cc1. The molecule has 0 aliphatic heterocycles. The largest absolute Gasteiger partial charge is 0.480 e. The predicted octanol–water partition coefficient (Wildman–Crippen LogP) is 1.62. The Kier molecular flexibility index (Phi) is 4.84. The normalized spacial score (nSPS) is 12.1. The average molecular weight is 235 g/mol. The molecule has 0 fully saturated rings. The third-order valence-electron chi connectivity index (χ3n) is 2.68. The van der Waals surface area contributed by atoms with Crippen molar-refractivity contribution in [1.29, 1.82) is 0 Å². The highest BCUT2D eigenvalue weighted by Gasteiger charge is 2.14. The number of benzene rings is 1. The molecule has 0 aliphatic carbocycles. The average Bonchev–Trinajstić information content (AvgIpc) is 2.35. The van der Waals surface area contributed by atoms with Crippen LogP contribution in [0.15, 0.2) is 24.3 Å². The molecule has 1 rings (SSSR count). The maximum absolute atomic E-state index is 11.7. The second-order valence-corrected chi connectivity index (χ2v) is 3.96. The Labute approximate surface area is 100 Å². The van der Waals surface area contributed by atoms with Gasteiger partial charge in [-0.15, -0.1) is 0 Å². The number of aliphatic carboxylic acids is 1. The molecule has 17 heavy (non-hydrogen) atoms. The first-order valence-electron chi connectivity index (χ1n) is 5.65. The molecule has 4 nitrogen and oxygen atoms in total. The van der Waals surface area contributed by atoms with Crippen molar-refractivity contribution in [2.45, 2.75) is 32.2 Å². The van der Waals surface area contributed by atoms with Crippen molar-refractivity contribution in [1.82, 2.24) is 0 Å². The van der Waals surface area contributed by atoms with Crippen LogP contribution in [0.5, 0.6) is 0 Å². The van der Waals surface area contributed by atoms with Crippen LogP contribution in [-0.2, 0) is 11.2 Å².